The first kappa shape index (κ1) is 22.0. The Balaban J connectivity index is 1.20. The molecule has 3 aromatic rings. The summed E-state index contributed by atoms with van der Waals surface area (Å²) in [4.78, 5) is 30.6. The Bertz CT molecular complexity index is 1180. The van der Waals surface area contributed by atoms with Gasteiger partial charge in [-0.1, -0.05) is 43.7 Å². The Morgan fingerprint density at radius 1 is 1.06 bits per heavy atom. The fraction of sp³-hybridized carbons (Fsp3) is 0.536. The van der Waals surface area contributed by atoms with Gasteiger partial charge in [-0.05, 0) is 55.6 Å². The number of nitrogens with zero attached hydrogens (tertiary/aromatic N) is 4. The van der Waals surface area contributed by atoms with Gasteiger partial charge in [-0.15, -0.1) is 11.3 Å². The number of thiophene rings is 1. The average molecular weight is 475 g/mol. The zero-order valence-corrected chi connectivity index (χ0v) is 20.9. The Morgan fingerprint density at radius 2 is 1.85 bits per heavy atom. The fourth-order valence-electron chi connectivity index (χ4n) is 5.77. The summed E-state index contributed by atoms with van der Waals surface area (Å²) < 4.78 is 0. The number of carbonyl (C=O) groups excluding carboxylic acids is 1. The summed E-state index contributed by atoms with van der Waals surface area (Å²) in [5, 5.41) is 1.31. The number of amides is 1. The number of piperazine rings is 1. The number of anilines is 1. The SMILES string of the molecule is CCCCc1nc(N2CCN(C(=O)[C@H]3C[C@H]3c3ccccc3)CC2)c2c3c(sc2n1)CCCC3. The second kappa shape index (κ2) is 9.29. The number of carbonyl (C=O) groups is 1. The lowest BCUT2D eigenvalue weighted by Crippen LogP contribution is -2.49. The Labute approximate surface area is 206 Å². The van der Waals surface area contributed by atoms with E-state index in [0.29, 0.717) is 11.8 Å². The number of rotatable bonds is 6. The van der Waals surface area contributed by atoms with Gasteiger partial charge < -0.3 is 9.80 Å². The number of benzene rings is 1. The molecule has 2 atom stereocenters. The molecule has 3 aliphatic rings. The van der Waals surface area contributed by atoms with Crippen LogP contribution >= 0.6 is 11.3 Å². The van der Waals surface area contributed by atoms with E-state index in [1.165, 1.54) is 45.5 Å². The van der Waals surface area contributed by atoms with Gasteiger partial charge >= 0.3 is 0 Å². The van der Waals surface area contributed by atoms with Crippen LogP contribution in [0.15, 0.2) is 30.3 Å². The first-order valence-electron chi connectivity index (χ1n) is 13.1. The molecule has 2 aliphatic carbocycles. The van der Waals surface area contributed by atoms with E-state index in [-0.39, 0.29) is 5.92 Å². The van der Waals surface area contributed by atoms with Gasteiger partial charge in [0.25, 0.3) is 0 Å². The molecule has 1 saturated carbocycles. The number of aryl methyl sites for hydroxylation is 3. The van der Waals surface area contributed by atoms with Crippen LogP contribution in [-0.4, -0.2) is 47.0 Å². The lowest BCUT2D eigenvalue weighted by molar-refractivity contribution is -0.133. The summed E-state index contributed by atoms with van der Waals surface area (Å²) in [5.74, 6) is 3.05. The van der Waals surface area contributed by atoms with E-state index in [9.17, 15) is 4.79 Å². The highest BCUT2D eigenvalue weighted by Crippen LogP contribution is 2.48. The largest absolute Gasteiger partial charge is 0.352 e. The van der Waals surface area contributed by atoms with Crippen molar-refractivity contribution in [1.29, 1.82) is 0 Å². The lowest BCUT2D eigenvalue weighted by Gasteiger charge is -2.36. The van der Waals surface area contributed by atoms with Crippen LogP contribution in [0.4, 0.5) is 5.82 Å². The average Bonchev–Trinajstić information content (AvgIpc) is 3.61. The number of hydrogen-bond donors (Lipinski definition) is 0. The predicted octanol–water partition coefficient (Wildman–Crippen LogP) is 5.37. The van der Waals surface area contributed by atoms with Gasteiger partial charge in [0.05, 0.1) is 5.39 Å². The molecule has 0 spiro atoms. The molecule has 34 heavy (non-hydrogen) atoms. The molecule has 0 N–H and O–H groups in total. The Kier molecular flexibility index (Phi) is 6.02. The van der Waals surface area contributed by atoms with Crippen molar-refractivity contribution in [3.8, 4) is 0 Å². The second-order valence-electron chi connectivity index (χ2n) is 10.1. The molecule has 2 fully saturated rings. The van der Waals surface area contributed by atoms with Crippen molar-refractivity contribution in [2.75, 3.05) is 31.1 Å². The number of fused-ring (bicyclic) bond motifs is 3. The third-order valence-electron chi connectivity index (χ3n) is 7.82. The first-order valence-corrected chi connectivity index (χ1v) is 13.9. The van der Waals surface area contributed by atoms with E-state index in [1.54, 1.807) is 0 Å². The van der Waals surface area contributed by atoms with Gasteiger partial charge in [-0.2, -0.15) is 0 Å². The van der Waals surface area contributed by atoms with Crippen LogP contribution in [0.2, 0.25) is 0 Å². The zero-order valence-electron chi connectivity index (χ0n) is 20.1. The zero-order chi connectivity index (χ0) is 23.1. The minimum absolute atomic E-state index is 0.171. The van der Waals surface area contributed by atoms with Gasteiger partial charge in [0, 0.05) is 43.4 Å². The van der Waals surface area contributed by atoms with E-state index in [4.69, 9.17) is 9.97 Å². The minimum atomic E-state index is 0.171. The number of hydrogen-bond acceptors (Lipinski definition) is 5. The molecular formula is C28H34N4OS. The van der Waals surface area contributed by atoms with Gasteiger partial charge in [-0.3, -0.25) is 4.79 Å². The normalized spacial score (nSPS) is 22.1. The molecule has 1 aliphatic heterocycles. The highest BCUT2D eigenvalue weighted by atomic mass is 32.1. The third kappa shape index (κ3) is 4.10. The van der Waals surface area contributed by atoms with Gasteiger partial charge in [0.1, 0.15) is 16.5 Å². The highest BCUT2D eigenvalue weighted by Gasteiger charge is 2.46. The van der Waals surface area contributed by atoms with E-state index in [1.807, 2.05) is 17.4 Å². The van der Waals surface area contributed by atoms with Crippen LogP contribution < -0.4 is 4.90 Å². The first-order chi connectivity index (χ1) is 16.7. The maximum absolute atomic E-state index is 13.2. The molecule has 6 rings (SSSR count). The van der Waals surface area contributed by atoms with Crippen molar-refractivity contribution in [3.05, 3.63) is 52.2 Å². The maximum atomic E-state index is 13.2. The molecule has 1 amide bonds. The van der Waals surface area contributed by atoms with Gasteiger partial charge in [0.2, 0.25) is 5.91 Å². The van der Waals surface area contributed by atoms with E-state index < -0.39 is 0 Å². The molecule has 0 bridgehead atoms. The molecule has 2 aromatic heterocycles. The predicted molar refractivity (Wildman–Crippen MR) is 139 cm³/mol. The van der Waals surface area contributed by atoms with E-state index >= 15 is 0 Å². The molecule has 0 unspecified atom stereocenters. The summed E-state index contributed by atoms with van der Waals surface area (Å²) in [5.41, 5.74) is 2.81. The molecule has 1 aromatic carbocycles. The number of aromatic nitrogens is 2. The topological polar surface area (TPSA) is 49.3 Å². The quantitative estimate of drug-likeness (QED) is 0.482. The van der Waals surface area contributed by atoms with Crippen molar-refractivity contribution in [1.82, 2.24) is 14.9 Å². The summed E-state index contributed by atoms with van der Waals surface area (Å²) in [6.45, 7) is 5.52. The van der Waals surface area contributed by atoms with Crippen LogP contribution in [0, 0.1) is 5.92 Å². The summed E-state index contributed by atoms with van der Waals surface area (Å²) in [7, 11) is 0. The maximum Gasteiger partial charge on any atom is 0.226 e. The smallest absolute Gasteiger partial charge is 0.226 e. The fourth-order valence-corrected chi connectivity index (χ4v) is 7.04. The molecule has 6 heteroatoms. The number of unbranched alkanes of at least 4 members (excludes halogenated alkanes) is 1. The summed E-state index contributed by atoms with van der Waals surface area (Å²) >= 11 is 1.90. The van der Waals surface area contributed by atoms with Crippen LogP contribution in [0.5, 0.6) is 0 Å². The molecule has 0 radical (unpaired) electrons. The molecule has 178 valence electrons. The summed E-state index contributed by atoms with van der Waals surface area (Å²) in [6.07, 6.45) is 9.12. The second-order valence-corrected chi connectivity index (χ2v) is 11.2. The van der Waals surface area contributed by atoms with Crippen LogP contribution in [0.25, 0.3) is 10.2 Å². The van der Waals surface area contributed by atoms with E-state index in [0.717, 1.165) is 69.9 Å². The van der Waals surface area contributed by atoms with Crippen molar-refractivity contribution in [3.63, 3.8) is 0 Å². The molecule has 1 saturated heterocycles. The van der Waals surface area contributed by atoms with Gasteiger partial charge in [-0.25, -0.2) is 9.97 Å². The van der Waals surface area contributed by atoms with Crippen molar-refractivity contribution < 1.29 is 4.79 Å². The minimum Gasteiger partial charge on any atom is -0.352 e. The highest BCUT2D eigenvalue weighted by molar-refractivity contribution is 7.19. The molecular weight excluding hydrogens is 440 g/mol. The monoisotopic (exact) mass is 474 g/mol. The standard InChI is InChI=1S/C28H34N4OS/c1-2-3-13-24-29-26(25-20-11-7-8-12-23(20)34-27(25)30-24)31-14-16-32(17-15-31)28(33)22-18-21(22)19-9-5-4-6-10-19/h4-6,9-10,21-22H,2-3,7-8,11-18H2,1H3/t21-,22-/m0/s1. The third-order valence-corrected chi connectivity index (χ3v) is 9.01. The Hall–Kier alpha value is -2.47. The van der Waals surface area contributed by atoms with Crippen molar-refractivity contribution in [2.45, 2.75) is 64.2 Å². The molecule has 3 heterocycles. The van der Waals surface area contributed by atoms with Crippen LogP contribution in [0.1, 0.15) is 66.8 Å². The van der Waals surface area contributed by atoms with Crippen molar-refractivity contribution >= 4 is 33.3 Å². The molecule has 5 nitrogen and oxygen atoms in total. The van der Waals surface area contributed by atoms with Crippen molar-refractivity contribution in [2.24, 2.45) is 5.92 Å². The summed E-state index contributed by atoms with van der Waals surface area (Å²) in [6, 6.07) is 10.5. The van der Waals surface area contributed by atoms with Crippen LogP contribution in [-0.2, 0) is 24.1 Å². The van der Waals surface area contributed by atoms with Gasteiger partial charge in [0.15, 0.2) is 0 Å². The Morgan fingerprint density at radius 3 is 2.65 bits per heavy atom. The lowest BCUT2D eigenvalue weighted by atomic mass is 9.96. The van der Waals surface area contributed by atoms with E-state index in [2.05, 4.69) is 41.0 Å². The van der Waals surface area contributed by atoms with Crippen LogP contribution in [0.3, 0.4) is 0 Å².